The molecular formula is C22H15ClF4N4O4S. The van der Waals surface area contributed by atoms with Crippen molar-refractivity contribution in [1.82, 2.24) is 10.2 Å². The highest BCUT2D eigenvalue weighted by Crippen LogP contribution is 2.34. The van der Waals surface area contributed by atoms with Gasteiger partial charge in [-0.05, 0) is 30.4 Å². The van der Waals surface area contributed by atoms with Crippen molar-refractivity contribution in [3.8, 4) is 11.3 Å². The van der Waals surface area contributed by atoms with Gasteiger partial charge in [0.2, 0.25) is 0 Å². The van der Waals surface area contributed by atoms with E-state index in [1.165, 1.54) is 35.2 Å². The van der Waals surface area contributed by atoms with Gasteiger partial charge in [-0.2, -0.15) is 0 Å². The molecule has 8 nitrogen and oxygen atoms in total. The maximum atomic E-state index is 14.2. The Morgan fingerprint density at radius 3 is 2.22 bits per heavy atom. The summed E-state index contributed by atoms with van der Waals surface area (Å²) in [6.07, 6.45) is 0. The van der Waals surface area contributed by atoms with E-state index in [1.807, 2.05) is 0 Å². The molecule has 4 rings (SSSR count). The first-order chi connectivity index (χ1) is 17.1. The lowest BCUT2D eigenvalue weighted by molar-refractivity contribution is -0.384. The summed E-state index contributed by atoms with van der Waals surface area (Å²) >= 11 is 10.5. The minimum absolute atomic E-state index is 0.0160. The van der Waals surface area contributed by atoms with E-state index in [0.717, 1.165) is 4.90 Å². The number of piperazine rings is 1. The summed E-state index contributed by atoms with van der Waals surface area (Å²) in [5.41, 5.74) is -0.877. The number of benzene rings is 2. The van der Waals surface area contributed by atoms with E-state index in [1.54, 1.807) is 6.07 Å². The van der Waals surface area contributed by atoms with Gasteiger partial charge in [0.25, 0.3) is 11.6 Å². The van der Waals surface area contributed by atoms with Crippen LogP contribution in [0.3, 0.4) is 0 Å². The van der Waals surface area contributed by atoms with Crippen LogP contribution in [0.15, 0.2) is 40.8 Å². The van der Waals surface area contributed by atoms with Gasteiger partial charge in [-0.25, -0.2) is 17.6 Å². The molecule has 188 valence electrons. The van der Waals surface area contributed by atoms with Crippen LogP contribution in [0, 0.1) is 33.4 Å². The Balaban J connectivity index is 1.41. The molecule has 0 spiro atoms. The van der Waals surface area contributed by atoms with Crippen LogP contribution in [-0.4, -0.2) is 47.0 Å². The Bertz CT molecular complexity index is 1350. The Morgan fingerprint density at radius 2 is 1.61 bits per heavy atom. The second kappa shape index (κ2) is 10.1. The third-order valence-electron chi connectivity index (χ3n) is 5.49. The molecule has 14 heteroatoms. The summed E-state index contributed by atoms with van der Waals surface area (Å²) in [5.74, 6) is -7.33. The summed E-state index contributed by atoms with van der Waals surface area (Å²) in [7, 11) is 0. The molecule has 1 aliphatic rings. The number of nitro groups is 1. The number of nitrogens with one attached hydrogen (secondary N) is 1. The fourth-order valence-electron chi connectivity index (χ4n) is 3.69. The van der Waals surface area contributed by atoms with Gasteiger partial charge in [-0.1, -0.05) is 23.7 Å². The molecule has 0 saturated carbocycles. The number of hydrogen-bond acceptors (Lipinski definition) is 6. The highest BCUT2D eigenvalue weighted by Gasteiger charge is 2.31. The van der Waals surface area contributed by atoms with Gasteiger partial charge in [0.05, 0.1) is 10.5 Å². The lowest BCUT2D eigenvalue weighted by atomic mass is 10.1. The molecule has 2 heterocycles. The molecule has 0 radical (unpaired) electrons. The number of anilines is 1. The molecule has 1 aromatic heterocycles. The number of furan rings is 1. The minimum atomic E-state index is -1.69. The van der Waals surface area contributed by atoms with E-state index in [0.29, 0.717) is 0 Å². The van der Waals surface area contributed by atoms with Gasteiger partial charge in [0.1, 0.15) is 16.5 Å². The predicted molar refractivity (Wildman–Crippen MR) is 126 cm³/mol. The largest absolute Gasteiger partial charge is 0.451 e. The third-order valence-corrected chi connectivity index (χ3v) is 6.18. The summed E-state index contributed by atoms with van der Waals surface area (Å²) in [6.45, 7) is 0.0207. The van der Waals surface area contributed by atoms with Gasteiger partial charge in [-0.15, -0.1) is 0 Å². The number of nitro benzene ring substituents is 1. The molecule has 1 aliphatic heterocycles. The first-order valence-corrected chi connectivity index (χ1v) is 11.1. The second-order valence-electron chi connectivity index (χ2n) is 7.59. The number of hydrogen-bond donors (Lipinski definition) is 1. The van der Waals surface area contributed by atoms with Crippen LogP contribution in [0.25, 0.3) is 11.3 Å². The summed E-state index contributed by atoms with van der Waals surface area (Å²) < 4.78 is 61.6. The van der Waals surface area contributed by atoms with Crippen molar-refractivity contribution >= 4 is 46.2 Å². The first kappa shape index (κ1) is 25.4. The van der Waals surface area contributed by atoms with Crippen molar-refractivity contribution in [3.63, 3.8) is 0 Å². The molecule has 0 atom stereocenters. The van der Waals surface area contributed by atoms with E-state index in [-0.39, 0.29) is 54.1 Å². The van der Waals surface area contributed by atoms with Crippen LogP contribution in [0.5, 0.6) is 0 Å². The van der Waals surface area contributed by atoms with Crippen LogP contribution >= 0.6 is 23.8 Å². The van der Waals surface area contributed by atoms with Gasteiger partial charge < -0.3 is 14.2 Å². The zero-order chi connectivity index (χ0) is 26.1. The fraction of sp³-hybridized carbons (Fsp3) is 0.182. The average Bonchev–Trinajstić information content (AvgIpc) is 3.37. The number of nitrogens with zero attached hydrogens (tertiary/aromatic N) is 3. The lowest BCUT2D eigenvalue weighted by Crippen LogP contribution is -2.53. The minimum Gasteiger partial charge on any atom is -0.451 e. The van der Waals surface area contributed by atoms with E-state index < -0.39 is 44.8 Å². The summed E-state index contributed by atoms with van der Waals surface area (Å²) in [6, 6.07) is 8.61. The molecule has 3 aromatic rings. The van der Waals surface area contributed by atoms with Gasteiger partial charge >= 0.3 is 0 Å². The molecule has 1 fully saturated rings. The van der Waals surface area contributed by atoms with E-state index >= 15 is 0 Å². The molecule has 1 amide bonds. The van der Waals surface area contributed by atoms with E-state index in [2.05, 4.69) is 5.32 Å². The van der Waals surface area contributed by atoms with Crippen LogP contribution < -0.4 is 10.2 Å². The Hall–Kier alpha value is -3.71. The Labute approximate surface area is 211 Å². The smallest absolute Gasteiger partial charge is 0.293 e. The molecular weight excluding hydrogens is 528 g/mol. The van der Waals surface area contributed by atoms with Crippen molar-refractivity contribution in [3.05, 3.63) is 80.6 Å². The van der Waals surface area contributed by atoms with E-state index in [9.17, 15) is 32.5 Å². The molecule has 0 bridgehead atoms. The van der Waals surface area contributed by atoms with Crippen LogP contribution in [0.4, 0.5) is 28.9 Å². The SMILES string of the molecule is O=C(NC(=S)N1CCN(c2c(F)c(F)c(Cl)c(F)c2F)CC1)c1ccc(-c2ccccc2[N+](=O)[O-])o1. The monoisotopic (exact) mass is 542 g/mol. The Morgan fingerprint density at radius 1 is 1.00 bits per heavy atom. The topological polar surface area (TPSA) is 91.9 Å². The van der Waals surface area contributed by atoms with Crippen molar-refractivity contribution in [2.75, 3.05) is 31.1 Å². The van der Waals surface area contributed by atoms with Crippen molar-refractivity contribution in [1.29, 1.82) is 0 Å². The lowest BCUT2D eigenvalue weighted by Gasteiger charge is -2.37. The molecule has 36 heavy (non-hydrogen) atoms. The number of carbonyl (C=O) groups is 1. The van der Waals surface area contributed by atoms with Gasteiger partial charge in [-0.3, -0.25) is 20.2 Å². The standard InChI is InChI=1S/C22H15ClF4N4O4S/c23-15-16(24)18(26)20(19(27)17(15)25)29-7-9-30(10-8-29)22(36)28-21(32)14-6-5-13(35-14)11-3-1-2-4-12(11)31(33)34/h1-6H,7-10H2,(H,28,32,36). The number of thiocarbonyl (C=S) groups is 1. The second-order valence-corrected chi connectivity index (χ2v) is 8.35. The number of rotatable bonds is 4. The van der Waals surface area contributed by atoms with Crippen molar-refractivity contribution < 1.29 is 31.7 Å². The molecule has 2 aromatic carbocycles. The number of halogens is 5. The molecule has 1 saturated heterocycles. The quantitative estimate of drug-likeness (QED) is 0.125. The zero-order valence-corrected chi connectivity index (χ0v) is 19.6. The highest BCUT2D eigenvalue weighted by molar-refractivity contribution is 7.80. The van der Waals surface area contributed by atoms with Crippen molar-refractivity contribution in [2.45, 2.75) is 0 Å². The Kier molecular flexibility index (Phi) is 7.13. The average molecular weight is 543 g/mol. The molecule has 0 aliphatic carbocycles. The van der Waals surface area contributed by atoms with E-state index in [4.69, 9.17) is 28.2 Å². The maximum Gasteiger partial charge on any atom is 0.293 e. The fourth-order valence-corrected chi connectivity index (χ4v) is 4.13. The maximum absolute atomic E-state index is 14.2. The summed E-state index contributed by atoms with van der Waals surface area (Å²) in [5, 5.41) is 12.4. The summed E-state index contributed by atoms with van der Waals surface area (Å²) in [4.78, 5) is 25.9. The predicted octanol–water partition coefficient (Wildman–Crippen LogP) is 4.90. The van der Waals surface area contributed by atoms with Gasteiger partial charge in [0.15, 0.2) is 34.1 Å². The zero-order valence-electron chi connectivity index (χ0n) is 18.1. The van der Waals surface area contributed by atoms with Crippen LogP contribution in [-0.2, 0) is 0 Å². The number of para-hydroxylation sites is 1. The third kappa shape index (κ3) is 4.71. The van der Waals surface area contributed by atoms with Crippen LogP contribution in [0.2, 0.25) is 5.02 Å². The van der Waals surface area contributed by atoms with Gasteiger partial charge in [0, 0.05) is 32.2 Å². The first-order valence-electron chi connectivity index (χ1n) is 10.3. The molecule has 1 N–H and O–H groups in total. The highest BCUT2D eigenvalue weighted by atomic mass is 35.5. The van der Waals surface area contributed by atoms with Crippen molar-refractivity contribution in [2.24, 2.45) is 0 Å². The number of amides is 1. The molecule has 0 unspecified atom stereocenters. The number of carbonyl (C=O) groups excluding carboxylic acids is 1. The van der Waals surface area contributed by atoms with Crippen LogP contribution in [0.1, 0.15) is 10.6 Å². The normalized spacial score (nSPS) is 13.6.